The molecule has 0 unspecified atom stereocenters. The summed E-state index contributed by atoms with van der Waals surface area (Å²) in [6.45, 7) is 0. The summed E-state index contributed by atoms with van der Waals surface area (Å²) in [5, 5.41) is 4.18. The largest absolute Gasteiger partial charge is 0.255 e. The van der Waals surface area contributed by atoms with Gasteiger partial charge in [-0.1, -0.05) is 18.2 Å². The Morgan fingerprint density at radius 2 is 1.45 bits per heavy atom. The molecule has 0 amide bonds. The highest BCUT2D eigenvalue weighted by atomic mass is 32.1. The van der Waals surface area contributed by atoms with Crippen LogP contribution in [0.4, 0.5) is 0 Å². The molecular formula is C18H12N2S2. The fraction of sp³-hybridized carbons (Fsp3) is 0. The lowest BCUT2D eigenvalue weighted by molar-refractivity contribution is 1.25. The lowest BCUT2D eigenvalue weighted by Crippen LogP contribution is -1.90. The Bertz CT molecular complexity index is 814. The van der Waals surface area contributed by atoms with Gasteiger partial charge in [-0.2, -0.15) is 0 Å². The van der Waals surface area contributed by atoms with Gasteiger partial charge < -0.3 is 0 Å². The molecule has 0 radical (unpaired) electrons. The van der Waals surface area contributed by atoms with Gasteiger partial charge in [-0.3, -0.25) is 4.98 Å². The zero-order valence-corrected chi connectivity index (χ0v) is 13.3. The predicted octanol–water partition coefficient (Wildman–Crippen LogP) is 5.60. The highest BCUT2D eigenvalue weighted by Gasteiger charge is 2.10. The minimum absolute atomic E-state index is 0.902. The normalized spacial score (nSPS) is 10.7. The quantitative estimate of drug-likeness (QED) is 0.491. The van der Waals surface area contributed by atoms with Gasteiger partial charge in [0.05, 0.1) is 22.0 Å². The molecule has 0 aliphatic heterocycles. The van der Waals surface area contributed by atoms with Gasteiger partial charge in [-0.15, -0.1) is 22.7 Å². The predicted molar refractivity (Wildman–Crippen MR) is 94.1 cm³/mol. The van der Waals surface area contributed by atoms with Crippen LogP contribution in [0.3, 0.4) is 0 Å². The topological polar surface area (TPSA) is 25.8 Å². The number of aromatic nitrogens is 2. The molecule has 0 aliphatic rings. The van der Waals surface area contributed by atoms with Gasteiger partial charge in [0.2, 0.25) is 0 Å². The van der Waals surface area contributed by atoms with E-state index in [-0.39, 0.29) is 0 Å². The van der Waals surface area contributed by atoms with Crippen LogP contribution in [-0.2, 0) is 0 Å². The van der Waals surface area contributed by atoms with Crippen LogP contribution < -0.4 is 0 Å². The Labute approximate surface area is 136 Å². The van der Waals surface area contributed by atoms with Crippen molar-refractivity contribution in [1.29, 1.82) is 0 Å². The van der Waals surface area contributed by atoms with Crippen molar-refractivity contribution in [2.45, 2.75) is 0 Å². The zero-order valence-electron chi connectivity index (χ0n) is 11.6. The first-order valence-corrected chi connectivity index (χ1v) is 8.67. The van der Waals surface area contributed by atoms with Gasteiger partial charge >= 0.3 is 0 Å². The standard InChI is InChI=1S/C18H12N2S2/c1-2-8-19-14(5-1)15-11-13(17-6-3-9-21-17)12-16(20-15)18-7-4-10-22-18/h1-12H. The van der Waals surface area contributed by atoms with E-state index in [1.54, 1.807) is 28.9 Å². The third-order valence-electron chi connectivity index (χ3n) is 3.33. The van der Waals surface area contributed by atoms with Crippen molar-refractivity contribution >= 4 is 22.7 Å². The van der Waals surface area contributed by atoms with E-state index in [9.17, 15) is 0 Å². The molecule has 0 saturated heterocycles. The number of hydrogen-bond acceptors (Lipinski definition) is 4. The van der Waals surface area contributed by atoms with E-state index in [4.69, 9.17) is 4.98 Å². The van der Waals surface area contributed by atoms with Crippen LogP contribution in [-0.4, -0.2) is 9.97 Å². The molecule has 0 bridgehead atoms. The number of nitrogens with zero attached hydrogens (tertiary/aromatic N) is 2. The van der Waals surface area contributed by atoms with E-state index in [1.165, 1.54) is 15.3 Å². The molecule has 0 fully saturated rings. The molecule has 0 N–H and O–H groups in total. The summed E-state index contributed by atoms with van der Waals surface area (Å²) in [6.07, 6.45) is 1.81. The van der Waals surface area contributed by atoms with E-state index in [1.807, 2.05) is 18.2 Å². The van der Waals surface area contributed by atoms with Gasteiger partial charge in [-0.25, -0.2) is 4.98 Å². The maximum absolute atomic E-state index is 4.81. The lowest BCUT2D eigenvalue weighted by Gasteiger charge is -2.07. The SMILES string of the molecule is c1ccc(-c2cc(-c3cccs3)cc(-c3cccs3)n2)nc1. The second kappa shape index (κ2) is 5.83. The minimum Gasteiger partial charge on any atom is -0.255 e. The average Bonchev–Trinajstić information content (AvgIpc) is 3.29. The van der Waals surface area contributed by atoms with Gasteiger partial charge in [0.1, 0.15) is 0 Å². The van der Waals surface area contributed by atoms with Crippen LogP contribution in [0.5, 0.6) is 0 Å². The molecule has 0 atom stereocenters. The summed E-state index contributed by atoms with van der Waals surface area (Å²) in [5.74, 6) is 0. The maximum Gasteiger partial charge on any atom is 0.0900 e. The van der Waals surface area contributed by atoms with Crippen molar-refractivity contribution in [3.8, 4) is 32.4 Å². The zero-order chi connectivity index (χ0) is 14.8. The fourth-order valence-corrected chi connectivity index (χ4v) is 3.71. The van der Waals surface area contributed by atoms with E-state index in [0.29, 0.717) is 0 Å². The first-order valence-electron chi connectivity index (χ1n) is 6.91. The van der Waals surface area contributed by atoms with Crippen molar-refractivity contribution < 1.29 is 0 Å². The van der Waals surface area contributed by atoms with Crippen molar-refractivity contribution in [3.63, 3.8) is 0 Å². The fourth-order valence-electron chi connectivity index (χ4n) is 2.31. The first kappa shape index (κ1) is 13.4. The van der Waals surface area contributed by atoms with Crippen LogP contribution in [0, 0.1) is 0 Å². The van der Waals surface area contributed by atoms with E-state index >= 15 is 0 Å². The molecule has 0 aliphatic carbocycles. The summed E-state index contributed by atoms with van der Waals surface area (Å²) in [6, 6.07) is 18.6. The van der Waals surface area contributed by atoms with Crippen LogP contribution in [0.2, 0.25) is 0 Å². The van der Waals surface area contributed by atoms with Gasteiger partial charge in [0, 0.05) is 11.1 Å². The summed E-state index contributed by atoms with van der Waals surface area (Å²) >= 11 is 3.45. The molecule has 4 heterocycles. The second-order valence-corrected chi connectivity index (χ2v) is 6.69. The molecule has 4 aromatic heterocycles. The summed E-state index contributed by atoms with van der Waals surface area (Å²) in [7, 11) is 0. The number of pyridine rings is 2. The highest BCUT2D eigenvalue weighted by Crippen LogP contribution is 2.33. The van der Waals surface area contributed by atoms with E-state index in [0.717, 1.165) is 17.1 Å². The van der Waals surface area contributed by atoms with Crippen LogP contribution in [0.25, 0.3) is 32.4 Å². The summed E-state index contributed by atoms with van der Waals surface area (Å²) < 4.78 is 0. The highest BCUT2D eigenvalue weighted by molar-refractivity contribution is 7.14. The van der Waals surface area contributed by atoms with Gasteiger partial charge in [-0.05, 0) is 52.7 Å². The molecule has 106 valence electrons. The molecule has 4 rings (SSSR count). The molecular weight excluding hydrogens is 308 g/mol. The monoisotopic (exact) mass is 320 g/mol. The number of rotatable bonds is 3. The summed E-state index contributed by atoms with van der Waals surface area (Å²) in [5.41, 5.74) is 4.00. The first-order chi connectivity index (χ1) is 10.9. The Hall–Kier alpha value is -2.30. The van der Waals surface area contributed by atoms with Gasteiger partial charge in [0.15, 0.2) is 0 Å². The van der Waals surface area contributed by atoms with Crippen LogP contribution >= 0.6 is 22.7 Å². The Balaban J connectivity index is 1.91. The van der Waals surface area contributed by atoms with Crippen LogP contribution in [0.1, 0.15) is 0 Å². The third-order valence-corrected chi connectivity index (χ3v) is 5.14. The van der Waals surface area contributed by atoms with E-state index < -0.39 is 0 Å². The van der Waals surface area contributed by atoms with Crippen molar-refractivity contribution in [2.75, 3.05) is 0 Å². The third kappa shape index (κ3) is 2.58. The van der Waals surface area contributed by atoms with Gasteiger partial charge in [0.25, 0.3) is 0 Å². The average molecular weight is 320 g/mol. The minimum atomic E-state index is 0.902. The second-order valence-electron chi connectivity index (χ2n) is 4.80. The van der Waals surface area contributed by atoms with Crippen molar-refractivity contribution in [3.05, 3.63) is 71.6 Å². The van der Waals surface area contributed by atoms with Crippen molar-refractivity contribution in [2.24, 2.45) is 0 Å². The smallest absolute Gasteiger partial charge is 0.0900 e. The molecule has 2 nitrogen and oxygen atoms in total. The molecule has 0 spiro atoms. The molecule has 0 saturated carbocycles. The number of thiophene rings is 2. The Kier molecular flexibility index (Phi) is 3.54. The molecule has 0 aromatic carbocycles. The van der Waals surface area contributed by atoms with E-state index in [2.05, 4.69) is 52.1 Å². The Morgan fingerprint density at radius 3 is 2.14 bits per heavy atom. The molecule has 4 heteroatoms. The molecule has 4 aromatic rings. The molecule has 22 heavy (non-hydrogen) atoms. The summed E-state index contributed by atoms with van der Waals surface area (Å²) in [4.78, 5) is 11.7. The number of hydrogen-bond donors (Lipinski definition) is 0. The van der Waals surface area contributed by atoms with Crippen molar-refractivity contribution in [1.82, 2.24) is 9.97 Å². The lowest BCUT2D eigenvalue weighted by atomic mass is 10.1. The Morgan fingerprint density at radius 1 is 0.682 bits per heavy atom. The maximum atomic E-state index is 4.81. The van der Waals surface area contributed by atoms with Crippen LogP contribution in [0.15, 0.2) is 71.6 Å².